The minimum absolute atomic E-state index is 0.0261. The van der Waals surface area contributed by atoms with Crippen molar-refractivity contribution >= 4 is 33.0 Å². The van der Waals surface area contributed by atoms with Gasteiger partial charge in [0.1, 0.15) is 17.5 Å². The number of nitrogens with zero attached hydrogens (tertiary/aromatic N) is 3. The van der Waals surface area contributed by atoms with Gasteiger partial charge in [-0.15, -0.1) is 0 Å². The SMILES string of the molecule is COc1ccc(S(=O)(=O)Nc2ccc(Nc3cc(N(C)C)nc(C)n3)cc2)cc1F. The van der Waals surface area contributed by atoms with Gasteiger partial charge in [-0.25, -0.2) is 22.8 Å². The van der Waals surface area contributed by atoms with Gasteiger partial charge in [-0.1, -0.05) is 0 Å². The Kier molecular flexibility index (Phi) is 6.06. The quantitative estimate of drug-likeness (QED) is 0.591. The second kappa shape index (κ2) is 8.54. The molecule has 158 valence electrons. The Bertz CT molecular complexity index is 1150. The summed E-state index contributed by atoms with van der Waals surface area (Å²) in [5, 5.41) is 3.16. The molecule has 0 aliphatic heterocycles. The number of hydrogen-bond acceptors (Lipinski definition) is 7. The highest BCUT2D eigenvalue weighted by Crippen LogP contribution is 2.24. The Hall–Kier alpha value is -3.40. The van der Waals surface area contributed by atoms with E-state index in [9.17, 15) is 12.8 Å². The van der Waals surface area contributed by atoms with E-state index in [1.165, 1.54) is 19.2 Å². The lowest BCUT2D eigenvalue weighted by Gasteiger charge is -2.14. The van der Waals surface area contributed by atoms with Crippen molar-refractivity contribution in [2.24, 2.45) is 0 Å². The van der Waals surface area contributed by atoms with Crippen molar-refractivity contribution in [1.29, 1.82) is 0 Å². The number of sulfonamides is 1. The van der Waals surface area contributed by atoms with E-state index in [0.29, 0.717) is 17.3 Å². The predicted octanol–water partition coefficient (Wildman–Crippen LogP) is 3.54. The normalized spacial score (nSPS) is 11.1. The zero-order valence-electron chi connectivity index (χ0n) is 17.0. The lowest BCUT2D eigenvalue weighted by Crippen LogP contribution is -2.13. The van der Waals surface area contributed by atoms with Crippen LogP contribution in [-0.2, 0) is 10.0 Å². The van der Waals surface area contributed by atoms with Crippen LogP contribution in [0.4, 0.5) is 27.4 Å². The molecule has 2 N–H and O–H groups in total. The van der Waals surface area contributed by atoms with Crippen molar-refractivity contribution in [2.75, 3.05) is 36.1 Å². The number of hydrogen-bond donors (Lipinski definition) is 2. The maximum absolute atomic E-state index is 13.8. The van der Waals surface area contributed by atoms with E-state index >= 15 is 0 Å². The fourth-order valence-electron chi connectivity index (χ4n) is 2.64. The summed E-state index contributed by atoms with van der Waals surface area (Å²) in [6, 6.07) is 11.9. The molecule has 0 aliphatic carbocycles. The van der Waals surface area contributed by atoms with Crippen molar-refractivity contribution in [2.45, 2.75) is 11.8 Å². The lowest BCUT2D eigenvalue weighted by molar-refractivity contribution is 0.385. The molecule has 0 spiro atoms. The fourth-order valence-corrected chi connectivity index (χ4v) is 3.71. The topological polar surface area (TPSA) is 96.5 Å². The smallest absolute Gasteiger partial charge is 0.262 e. The van der Waals surface area contributed by atoms with Crippen molar-refractivity contribution < 1.29 is 17.5 Å². The molecule has 3 aromatic rings. The molecule has 0 fully saturated rings. The summed E-state index contributed by atoms with van der Waals surface area (Å²) < 4.78 is 46.1. The largest absolute Gasteiger partial charge is 0.494 e. The number of halogens is 1. The van der Waals surface area contributed by atoms with Crippen LogP contribution in [0.3, 0.4) is 0 Å². The summed E-state index contributed by atoms with van der Waals surface area (Å²) >= 11 is 0. The molecule has 0 aliphatic rings. The van der Waals surface area contributed by atoms with E-state index in [1.54, 1.807) is 31.2 Å². The first kappa shape index (κ1) is 21.3. The average molecular weight is 431 g/mol. The molecular weight excluding hydrogens is 409 g/mol. The molecule has 0 unspecified atom stereocenters. The number of anilines is 4. The second-order valence-corrected chi connectivity index (χ2v) is 8.34. The zero-order valence-corrected chi connectivity index (χ0v) is 17.8. The van der Waals surface area contributed by atoms with Crippen LogP contribution >= 0.6 is 0 Å². The summed E-state index contributed by atoms with van der Waals surface area (Å²) in [6.07, 6.45) is 0. The molecule has 0 atom stereocenters. The van der Waals surface area contributed by atoms with Gasteiger partial charge < -0.3 is 15.0 Å². The molecule has 1 aromatic heterocycles. The van der Waals surface area contributed by atoms with Gasteiger partial charge >= 0.3 is 0 Å². The van der Waals surface area contributed by atoms with Crippen LogP contribution in [0, 0.1) is 12.7 Å². The van der Waals surface area contributed by atoms with Crippen molar-refractivity contribution in [3.63, 3.8) is 0 Å². The third-order valence-electron chi connectivity index (χ3n) is 4.13. The fraction of sp³-hybridized carbons (Fsp3) is 0.200. The van der Waals surface area contributed by atoms with Crippen LogP contribution in [0.5, 0.6) is 5.75 Å². The maximum atomic E-state index is 13.8. The number of ether oxygens (including phenoxy) is 1. The third kappa shape index (κ3) is 4.95. The van der Waals surface area contributed by atoms with E-state index < -0.39 is 15.8 Å². The van der Waals surface area contributed by atoms with Gasteiger partial charge in [0.15, 0.2) is 11.6 Å². The van der Waals surface area contributed by atoms with Crippen LogP contribution in [0.2, 0.25) is 0 Å². The molecule has 3 rings (SSSR count). The monoisotopic (exact) mass is 431 g/mol. The first-order chi connectivity index (χ1) is 14.2. The zero-order chi connectivity index (χ0) is 21.9. The van der Waals surface area contributed by atoms with Crippen LogP contribution in [0.25, 0.3) is 0 Å². The van der Waals surface area contributed by atoms with Gasteiger partial charge in [0.2, 0.25) is 0 Å². The third-order valence-corrected chi connectivity index (χ3v) is 5.50. The standard InChI is InChI=1S/C20H22FN5O3S/c1-13-22-19(12-20(23-13)26(2)3)24-14-5-7-15(8-6-14)25-30(27,28)16-9-10-18(29-4)17(21)11-16/h5-12,25H,1-4H3,(H,22,23,24). The molecular formula is C20H22FN5O3S. The van der Waals surface area contributed by atoms with Crippen molar-refractivity contribution in [3.05, 3.63) is 60.2 Å². The molecule has 2 aromatic carbocycles. The molecule has 0 amide bonds. The van der Waals surface area contributed by atoms with Gasteiger partial charge in [0.05, 0.1) is 12.0 Å². The van der Waals surface area contributed by atoms with Gasteiger partial charge in [0.25, 0.3) is 10.0 Å². The van der Waals surface area contributed by atoms with Crippen molar-refractivity contribution in [3.8, 4) is 5.75 Å². The van der Waals surface area contributed by atoms with Gasteiger partial charge in [-0.05, 0) is 49.4 Å². The summed E-state index contributed by atoms with van der Waals surface area (Å²) in [7, 11) is 1.14. The molecule has 0 saturated carbocycles. The Labute approximate surface area is 174 Å². The van der Waals surface area contributed by atoms with Crippen LogP contribution in [0.15, 0.2) is 53.4 Å². The van der Waals surface area contributed by atoms with Gasteiger partial charge in [0, 0.05) is 31.5 Å². The highest BCUT2D eigenvalue weighted by Gasteiger charge is 2.17. The van der Waals surface area contributed by atoms with E-state index in [1.807, 2.05) is 25.1 Å². The first-order valence-electron chi connectivity index (χ1n) is 8.94. The average Bonchev–Trinajstić information content (AvgIpc) is 2.68. The molecule has 30 heavy (non-hydrogen) atoms. The van der Waals surface area contributed by atoms with Crippen molar-refractivity contribution in [1.82, 2.24) is 9.97 Å². The Morgan fingerprint density at radius 1 is 1.00 bits per heavy atom. The predicted molar refractivity (Wildman–Crippen MR) is 115 cm³/mol. The summed E-state index contributed by atoms with van der Waals surface area (Å²) in [4.78, 5) is 10.4. The number of rotatable bonds is 7. The van der Waals surface area contributed by atoms with E-state index in [0.717, 1.165) is 17.6 Å². The lowest BCUT2D eigenvalue weighted by atomic mass is 10.3. The van der Waals surface area contributed by atoms with Gasteiger partial charge in [-0.3, -0.25) is 4.72 Å². The van der Waals surface area contributed by atoms with Crippen LogP contribution < -0.4 is 19.7 Å². The van der Waals surface area contributed by atoms with E-state index in [2.05, 4.69) is 20.0 Å². The minimum atomic E-state index is -3.95. The Morgan fingerprint density at radius 3 is 2.27 bits per heavy atom. The first-order valence-corrected chi connectivity index (χ1v) is 10.4. The number of aromatic nitrogens is 2. The minimum Gasteiger partial charge on any atom is -0.494 e. The molecule has 1 heterocycles. The molecule has 0 bridgehead atoms. The van der Waals surface area contributed by atoms with Crippen LogP contribution in [0.1, 0.15) is 5.82 Å². The molecule has 10 heteroatoms. The Morgan fingerprint density at radius 2 is 1.67 bits per heavy atom. The number of aryl methyl sites for hydroxylation is 1. The second-order valence-electron chi connectivity index (χ2n) is 6.66. The molecule has 8 nitrogen and oxygen atoms in total. The highest BCUT2D eigenvalue weighted by atomic mass is 32.2. The van der Waals surface area contributed by atoms with E-state index in [-0.39, 0.29) is 10.6 Å². The summed E-state index contributed by atoms with van der Waals surface area (Å²) in [5.41, 5.74) is 1.06. The van der Waals surface area contributed by atoms with E-state index in [4.69, 9.17) is 4.74 Å². The Balaban J connectivity index is 1.75. The number of methoxy groups -OCH3 is 1. The maximum Gasteiger partial charge on any atom is 0.262 e. The number of benzene rings is 2. The molecule has 0 saturated heterocycles. The summed E-state index contributed by atoms with van der Waals surface area (Å²) in [5.74, 6) is 1.23. The van der Waals surface area contributed by atoms with Gasteiger partial charge in [-0.2, -0.15) is 0 Å². The number of nitrogens with one attached hydrogen (secondary N) is 2. The van der Waals surface area contributed by atoms with Crippen LogP contribution in [-0.4, -0.2) is 39.6 Å². The highest BCUT2D eigenvalue weighted by molar-refractivity contribution is 7.92. The molecule has 0 radical (unpaired) electrons. The summed E-state index contributed by atoms with van der Waals surface area (Å²) in [6.45, 7) is 1.80.